The van der Waals surface area contributed by atoms with Gasteiger partial charge in [-0.1, -0.05) is 18.2 Å². The second-order valence-corrected chi connectivity index (χ2v) is 4.64. The molecule has 0 bridgehead atoms. The predicted molar refractivity (Wildman–Crippen MR) is 75.2 cm³/mol. The van der Waals surface area contributed by atoms with E-state index in [1.54, 1.807) is 6.07 Å². The SMILES string of the molecule is CNCc1ccc(C)c(Oc2cc(F)ccc2C)c1. The Labute approximate surface area is 113 Å². The highest BCUT2D eigenvalue weighted by atomic mass is 19.1. The minimum atomic E-state index is -0.287. The molecule has 0 atom stereocenters. The fraction of sp³-hybridized carbons (Fsp3) is 0.250. The Morgan fingerprint density at radius 2 is 1.63 bits per heavy atom. The minimum absolute atomic E-state index is 0.287. The molecule has 0 amide bonds. The van der Waals surface area contributed by atoms with Gasteiger partial charge in [-0.2, -0.15) is 0 Å². The molecular formula is C16H18FNO. The van der Waals surface area contributed by atoms with E-state index in [4.69, 9.17) is 4.74 Å². The van der Waals surface area contributed by atoms with Crippen LogP contribution < -0.4 is 10.1 Å². The molecule has 0 aliphatic heterocycles. The summed E-state index contributed by atoms with van der Waals surface area (Å²) in [7, 11) is 1.90. The number of rotatable bonds is 4. The Kier molecular flexibility index (Phi) is 4.17. The molecule has 0 saturated heterocycles. The van der Waals surface area contributed by atoms with Crippen molar-refractivity contribution in [3.63, 3.8) is 0 Å². The van der Waals surface area contributed by atoms with Gasteiger partial charge in [0.25, 0.3) is 0 Å². The average molecular weight is 259 g/mol. The van der Waals surface area contributed by atoms with E-state index >= 15 is 0 Å². The maximum atomic E-state index is 13.3. The highest BCUT2D eigenvalue weighted by Crippen LogP contribution is 2.29. The second kappa shape index (κ2) is 5.85. The van der Waals surface area contributed by atoms with E-state index in [0.717, 1.165) is 29.0 Å². The van der Waals surface area contributed by atoms with Crippen molar-refractivity contribution >= 4 is 0 Å². The molecule has 0 heterocycles. The average Bonchev–Trinajstić information content (AvgIpc) is 2.38. The zero-order chi connectivity index (χ0) is 13.8. The number of aryl methyl sites for hydroxylation is 2. The summed E-state index contributed by atoms with van der Waals surface area (Å²) in [5.41, 5.74) is 3.08. The van der Waals surface area contributed by atoms with Crippen LogP contribution in [0.25, 0.3) is 0 Å². The first-order chi connectivity index (χ1) is 9.10. The number of hydrogen-bond acceptors (Lipinski definition) is 2. The lowest BCUT2D eigenvalue weighted by molar-refractivity contribution is 0.468. The lowest BCUT2D eigenvalue weighted by Crippen LogP contribution is -2.05. The third-order valence-corrected chi connectivity index (χ3v) is 3.00. The summed E-state index contributed by atoms with van der Waals surface area (Å²) in [4.78, 5) is 0. The van der Waals surface area contributed by atoms with Crippen molar-refractivity contribution in [2.24, 2.45) is 0 Å². The Morgan fingerprint density at radius 3 is 2.32 bits per heavy atom. The molecule has 1 N–H and O–H groups in total. The molecule has 100 valence electrons. The molecule has 0 unspecified atom stereocenters. The van der Waals surface area contributed by atoms with Crippen LogP contribution in [0.3, 0.4) is 0 Å². The van der Waals surface area contributed by atoms with Crippen molar-refractivity contribution in [3.05, 3.63) is 58.9 Å². The normalized spacial score (nSPS) is 10.5. The molecule has 2 rings (SSSR count). The van der Waals surface area contributed by atoms with Crippen molar-refractivity contribution < 1.29 is 9.13 Å². The van der Waals surface area contributed by atoms with E-state index < -0.39 is 0 Å². The van der Waals surface area contributed by atoms with Crippen LogP contribution in [0.1, 0.15) is 16.7 Å². The summed E-state index contributed by atoms with van der Waals surface area (Å²) in [5.74, 6) is 1.04. The van der Waals surface area contributed by atoms with Crippen LogP contribution in [0.2, 0.25) is 0 Å². The third kappa shape index (κ3) is 3.32. The van der Waals surface area contributed by atoms with E-state index in [1.807, 2.05) is 33.0 Å². The molecule has 2 aromatic carbocycles. The minimum Gasteiger partial charge on any atom is -0.457 e. The monoisotopic (exact) mass is 259 g/mol. The molecule has 0 fully saturated rings. The van der Waals surface area contributed by atoms with Crippen LogP contribution in [-0.4, -0.2) is 7.05 Å². The van der Waals surface area contributed by atoms with Gasteiger partial charge in [0, 0.05) is 12.6 Å². The summed E-state index contributed by atoms with van der Waals surface area (Å²) in [6.07, 6.45) is 0. The van der Waals surface area contributed by atoms with Crippen molar-refractivity contribution in [1.82, 2.24) is 5.32 Å². The van der Waals surface area contributed by atoms with Gasteiger partial charge in [0.15, 0.2) is 0 Å². The van der Waals surface area contributed by atoms with E-state index in [-0.39, 0.29) is 5.82 Å². The van der Waals surface area contributed by atoms with Gasteiger partial charge in [-0.15, -0.1) is 0 Å². The van der Waals surface area contributed by atoms with Crippen molar-refractivity contribution in [2.45, 2.75) is 20.4 Å². The number of benzene rings is 2. The van der Waals surface area contributed by atoms with E-state index in [1.165, 1.54) is 12.1 Å². The molecule has 0 radical (unpaired) electrons. The quantitative estimate of drug-likeness (QED) is 0.897. The zero-order valence-corrected chi connectivity index (χ0v) is 11.5. The largest absolute Gasteiger partial charge is 0.457 e. The fourth-order valence-electron chi connectivity index (χ4n) is 1.87. The third-order valence-electron chi connectivity index (χ3n) is 3.00. The number of ether oxygens (including phenoxy) is 1. The smallest absolute Gasteiger partial charge is 0.133 e. The van der Waals surface area contributed by atoms with Gasteiger partial charge in [-0.25, -0.2) is 4.39 Å². The van der Waals surface area contributed by atoms with Crippen LogP contribution in [0, 0.1) is 19.7 Å². The number of hydrogen-bond donors (Lipinski definition) is 1. The Morgan fingerprint density at radius 1 is 1.00 bits per heavy atom. The van der Waals surface area contributed by atoms with Crippen molar-refractivity contribution in [1.29, 1.82) is 0 Å². The van der Waals surface area contributed by atoms with E-state index in [2.05, 4.69) is 11.4 Å². The Hall–Kier alpha value is -1.87. The second-order valence-electron chi connectivity index (χ2n) is 4.64. The summed E-state index contributed by atoms with van der Waals surface area (Å²) < 4.78 is 19.1. The maximum absolute atomic E-state index is 13.3. The van der Waals surface area contributed by atoms with Gasteiger partial charge in [0.1, 0.15) is 17.3 Å². The number of nitrogens with one attached hydrogen (secondary N) is 1. The maximum Gasteiger partial charge on any atom is 0.133 e. The van der Waals surface area contributed by atoms with Gasteiger partial charge < -0.3 is 10.1 Å². The topological polar surface area (TPSA) is 21.3 Å². The standard InChI is InChI=1S/C16H18FNO/c1-11-4-6-13(10-18-3)8-15(11)19-16-9-14(17)7-5-12(16)2/h4-9,18H,10H2,1-3H3. The van der Waals surface area contributed by atoms with Gasteiger partial charge >= 0.3 is 0 Å². The lowest BCUT2D eigenvalue weighted by atomic mass is 10.1. The zero-order valence-electron chi connectivity index (χ0n) is 11.5. The fourth-order valence-corrected chi connectivity index (χ4v) is 1.87. The number of halogens is 1. The molecule has 0 aliphatic carbocycles. The highest BCUT2D eigenvalue weighted by Gasteiger charge is 2.06. The van der Waals surface area contributed by atoms with E-state index in [0.29, 0.717) is 5.75 Å². The molecule has 2 aromatic rings. The first kappa shape index (κ1) is 13.6. The van der Waals surface area contributed by atoms with Gasteiger partial charge in [-0.3, -0.25) is 0 Å². The molecule has 3 heteroatoms. The summed E-state index contributed by atoms with van der Waals surface area (Å²) in [5, 5.41) is 3.10. The molecule has 19 heavy (non-hydrogen) atoms. The molecule has 2 nitrogen and oxygen atoms in total. The molecule has 0 aromatic heterocycles. The van der Waals surface area contributed by atoms with Gasteiger partial charge in [0.05, 0.1) is 0 Å². The van der Waals surface area contributed by atoms with Crippen LogP contribution in [0.15, 0.2) is 36.4 Å². The summed E-state index contributed by atoms with van der Waals surface area (Å²) in [6.45, 7) is 4.66. The van der Waals surface area contributed by atoms with Crippen LogP contribution in [0.5, 0.6) is 11.5 Å². The van der Waals surface area contributed by atoms with Crippen LogP contribution in [0.4, 0.5) is 4.39 Å². The Balaban J connectivity index is 2.31. The summed E-state index contributed by atoms with van der Waals surface area (Å²) >= 11 is 0. The summed E-state index contributed by atoms with van der Waals surface area (Å²) in [6, 6.07) is 10.6. The van der Waals surface area contributed by atoms with Crippen LogP contribution >= 0.6 is 0 Å². The van der Waals surface area contributed by atoms with Crippen LogP contribution in [-0.2, 0) is 6.54 Å². The van der Waals surface area contributed by atoms with Gasteiger partial charge in [0.2, 0.25) is 0 Å². The van der Waals surface area contributed by atoms with Crippen molar-refractivity contribution in [2.75, 3.05) is 7.05 Å². The lowest BCUT2D eigenvalue weighted by Gasteiger charge is -2.12. The predicted octanol–water partition coefficient (Wildman–Crippen LogP) is 3.95. The van der Waals surface area contributed by atoms with Crippen molar-refractivity contribution in [3.8, 4) is 11.5 Å². The first-order valence-electron chi connectivity index (χ1n) is 6.28. The Bertz CT molecular complexity index is 581. The first-order valence-corrected chi connectivity index (χ1v) is 6.28. The molecule has 0 saturated carbocycles. The highest BCUT2D eigenvalue weighted by molar-refractivity contribution is 5.42. The van der Waals surface area contributed by atoms with Gasteiger partial charge in [-0.05, 0) is 49.7 Å². The van der Waals surface area contributed by atoms with E-state index in [9.17, 15) is 4.39 Å². The molecular weight excluding hydrogens is 241 g/mol. The molecule has 0 spiro atoms. The molecule has 0 aliphatic rings.